The SMILES string of the molecule is C/C(=C\CC[C@@H](C(=O)O)[C@@H]1CN=C(N)N1)CO. The van der Waals surface area contributed by atoms with Crippen molar-refractivity contribution in [2.45, 2.75) is 25.8 Å². The first-order chi connectivity index (χ1) is 8.04. The van der Waals surface area contributed by atoms with Crippen LogP contribution in [0.3, 0.4) is 0 Å². The molecule has 0 aromatic heterocycles. The zero-order valence-corrected chi connectivity index (χ0v) is 9.89. The number of rotatable bonds is 6. The van der Waals surface area contributed by atoms with Gasteiger partial charge in [-0.05, 0) is 19.8 Å². The van der Waals surface area contributed by atoms with Crippen molar-refractivity contribution in [3.05, 3.63) is 11.6 Å². The molecule has 6 nitrogen and oxygen atoms in total. The second-order valence-corrected chi connectivity index (χ2v) is 4.21. The first kappa shape index (κ1) is 13.5. The Balaban J connectivity index is 2.48. The van der Waals surface area contributed by atoms with Crippen LogP contribution in [-0.4, -0.2) is 41.3 Å². The summed E-state index contributed by atoms with van der Waals surface area (Å²) in [7, 11) is 0. The number of carboxylic acid groups (broad SMARTS) is 1. The van der Waals surface area contributed by atoms with Gasteiger partial charge in [0.05, 0.1) is 25.1 Å². The number of aliphatic hydroxyl groups excluding tert-OH is 1. The van der Waals surface area contributed by atoms with E-state index in [0.29, 0.717) is 25.3 Å². The van der Waals surface area contributed by atoms with Crippen LogP contribution in [-0.2, 0) is 4.79 Å². The van der Waals surface area contributed by atoms with E-state index >= 15 is 0 Å². The Morgan fingerprint density at radius 1 is 1.76 bits per heavy atom. The van der Waals surface area contributed by atoms with Crippen LogP contribution in [0.5, 0.6) is 0 Å². The van der Waals surface area contributed by atoms with Crippen LogP contribution in [0.15, 0.2) is 16.6 Å². The number of nitrogens with two attached hydrogens (primary N) is 1. The van der Waals surface area contributed by atoms with E-state index in [-0.39, 0.29) is 12.6 Å². The molecule has 96 valence electrons. The lowest BCUT2D eigenvalue weighted by Crippen LogP contribution is -2.42. The molecular formula is C11H19N3O3. The van der Waals surface area contributed by atoms with Crippen LogP contribution >= 0.6 is 0 Å². The molecule has 0 fully saturated rings. The molecular weight excluding hydrogens is 222 g/mol. The monoisotopic (exact) mass is 241 g/mol. The Morgan fingerprint density at radius 2 is 2.47 bits per heavy atom. The van der Waals surface area contributed by atoms with E-state index in [4.69, 9.17) is 15.9 Å². The topological polar surface area (TPSA) is 108 Å². The molecule has 0 radical (unpaired) electrons. The number of guanidine groups is 1. The summed E-state index contributed by atoms with van der Waals surface area (Å²) in [5, 5.41) is 20.8. The molecule has 17 heavy (non-hydrogen) atoms. The number of hydrogen-bond donors (Lipinski definition) is 4. The molecule has 0 aromatic carbocycles. The first-order valence-corrected chi connectivity index (χ1v) is 5.60. The fraction of sp³-hybridized carbons (Fsp3) is 0.636. The molecule has 1 rings (SSSR count). The van der Waals surface area contributed by atoms with Crippen LogP contribution in [0.25, 0.3) is 0 Å². The van der Waals surface area contributed by atoms with Crippen LogP contribution in [0, 0.1) is 5.92 Å². The Bertz CT molecular complexity index is 339. The Kier molecular flexibility index (Phi) is 4.96. The molecule has 1 aliphatic rings. The van der Waals surface area contributed by atoms with Crippen molar-refractivity contribution in [3.8, 4) is 0 Å². The average molecular weight is 241 g/mol. The predicted octanol–water partition coefficient (Wildman–Crippen LogP) is -0.307. The summed E-state index contributed by atoms with van der Waals surface area (Å²) in [4.78, 5) is 15.1. The van der Waals surface area contributed by atoms with Gasteiger partial charge in [0.25, 0.3) is 0 Å². The van der Waals surface area contributed by atoms with E-state index in [0.717, 1.165) is 5.57 Å². The van der Waals surface area contributed by atoms with Gasteiger partial charge in [0.1, 0.15) is 0 Å². The highest BCUT2D eigenvalue weighted by Gasteiger charge is 2.30. The van der Waals surface area contributed by atoms with Crippen molar-refractivity contribution in [2.24, 2.45) is 16.6 Å². The maximum atomic E-state index is 11.1. The minimum atomic E-state index is -0.845. The Morgan fingerprint density at radius 3 is 2.94 bits per heavy atom. The van der Waals surface area contributed by atoms with Gasteiger partial charge in [-0.15, -0.1) is 0 Å². The van der Waals surface area contributed by atoms with E-state index < -0.39 is 11.9 Å². The van der Waals surface area contributed by atoms with Gasteiger partial charge in [-0.25, -0.2) is 0 Å². The van der Waals surface area contributed by atoms with Gasteiger partial charge in [0.15, 0.2) is 5.96 Å². The van der Waals surface area contributed by atoms with Gasteiger partial charge in [0.2, 0.25) is 0 Å². The number of aliphatic carboxylic acids is 1. The standard InChI is InChI=1S/C11H19N3O3/c1-7(6-15)3-2-4-8(10(16)17)9-5-13-11(12)14-9/h3,8-9,15H,2,4-6H2,1H3,(H,16,17)(H3,12,13,14)/b7-3+/t8-,9+/m1/s1. The molecule has 0 bridgehead atoms. The second kappa shape index (κ2) is 6.24. The van der Waals surface area contributed by atoms with Crippen molar-refractivity contribution in [3.63, 3.8) is 0 Å². The quantitative estimate of drug-likeness (QED) is 0.477. The maximum Gasteiger partial charge on any atom is 0.308 e. The van der Waals surface area contributed by atoms with Crippen LogP contribution in [0.4, 0.5) is 0 Å². The van der Waals surface area contributed by atoms with Gasteiger partial charge >= 0.3 is 5.97 Å². The van der Waals surface area contributed by atoms with Gasteiger partial charge in [-0.1, -0.05) is 11.6 Å². The molecule has 2 atom stereocenters. The fourth-order valence-corrected chi connectivity index (χ4v) is 1.78. The summed E-state index contributed by atoms with van der Waals surface area (Å²) in [6, 6.07) is -0.227. The number of nitrogens with one attached hydrogen (secondary N) is 1. The molecule has 0 unspecified atom stereocenters. The van der Waals surface area contributed by atoms with Gasteiger partial charge in [-0.2, -0.15) is 0 Å². The Labute approximate surface area is 100 Å². The molecule has 1 heterocycles. The average Bonchev–Trinajstić information content (AvgIpc) is 2.70. The normalized spacial score (nSPS) is 21.9. The summed E-state index contributed by atoms with van der Waals surface area (Å²) in [6.07, 6.45) is 2.99. The van der Waals surface area contributed by atoms with Crippen LogP contribution in [0.1, 0.15) is 19.8 Å². The van der Waals surface area contributed by atoms with E-state index in [1.165, 1.54) is 0 Å². The number of allylic oxidation sites excluding steroid dienone is 1. The highest BCUT2D eigenvalue weighted by Crippen LogP contribution is 2.16. The van der Waals surface area contributed by atoms with E-state index in [9.17, 15) is 4.79 Å². The first-order valence-electron chi connectivity index (χ1n) is 5.60. The zero-order chi connectivity index (χ0) is 12.8. The summed E-state index contributed by atoms with van der Waals surface area (Å²) in [5.41, 5.74) is 6.31. The second-order valence-electron chi connectivity index (χ2n) is 4.21. The number of nitrogens with zero attached hydrogens (tertiary/aromatic N) is 1. The third-order valence-electron chi connectivity index (χ3n) is 2.81. The maximum absolute atomic E-state index is 11.1. The van der Waals surface area contributed by atoms with Crippen molar-refractivity contribution in [1.82, 2.24) is 5.32 Å². The summed E-state index contributed by atoms with van der Waals surface area (Å²) in [5.74, 6) is -1.05. The van der Waals surface area contributed by atoms with Gasteiger partial charge < -0.3 is 21.3 Å². The molecule has 0 aliphatic carbocycles. The minimum absolute atomic E-state index is 0.00940. The van der Waals surface area contributed by atoms with E-state index in [1.807, 2.05) is 13.0 Å². The molecule has 0 saturated carbocycles. The van der Waals surface area contributed by atoms with Crippen molar-refractivity contribution in [1.29, 1.82) is 0 Å². The highest BCUT2D eigenvalue weighted by atomic mass is 16.4. The lowest BCUT2D eigenvalue weighted by atomic mass is 9.94. The minimum Gasteiger partial charge on any atom is -0.481 e. The van der Waals surface area contributed by atoms with E-state index in [2.05, 4.69) is 10.3 Å². The summed E-state index contributed by atoms with van der Waals surface area (Å²) >= 11 is 0. The smallest absolute Gasteiger partial charge is 0.308 e. The number of aliphatic hydroxyl groups is 1. The number of carboxylic acids is 1. The number of aliphatic imine (C=N–C) groups is 1. The zero-order valence-electron chi connectivity index (χ0n) is 9.89. The molecule has 5 N–H and O–H groups in total. The summed E-state index contributed by atoms with van der Waals surface area (Å²) in [6.45, 7) is 2.23. The van der Waals surface area contributed by atoms with E-state index in [1.54, 1.807) is 0 Å². The lowest BCUT2D eigenvalue weighted by Gasteiger charge is -2.18. The van der Waals surface area contributed by atoms with Crippen molar-refractivity contribution >= 4 is 11.9 Å². The van der Waals surface area contributed by atoms with Crippen LogP contribution < -0.4 is 11.1 Å². The van der Waals surface area contributed by atoms with Crippen LogP contribution in [0.2, 0.25) is 0 Å². The Hall–Kier alpha value is -1.56. The third kappa shape index (κ3) is 4.07. The predicted molar refractivity (Wildman–Crippen MR) is 64.6 cm³/mol. The lowest BCUT2D eigenvalue weighted by molar-refractivity contribution is -0.142. The largest absolute Gasteiger partial charge is 0.481 e. The third-order valence-corrected chi connectivity index (χ3v) is 2.81. The van der Waals surface area contributed by atoms with Crippen molar-refractivity contribution in [2.75, 3.05) is 13.2 Å². The summed E-state index contributed by atoms with van der Waals surface area (Å²) < 4.78 is 0. The molecule has 1 aliphatic heterocycles. The molecule has 0 spiro atoms. The number of carbonyl (C=O) groups is 1. The molecule has 0 amide bonds. The molecule has 0 aromatic rings. The fourth-order valence-electron chi connectivity index (χ4n) is 1.78. The van der Waals surface area contributed by atoms with Gasteiger partial charge in [0, 0.05) is 0 Å². The van der Waals surface area contributed by atoms with Crippen molar-refractivity contribution < 1.29 is 15.0 Å². The molecule has 0 saturated heterocycles. The highest BCUT2D eigenvalue weighted by molar-refractivity contribution is 5.81. The molecule has 6 heteroatoms. The van der Waals surface area contributed by atoms with Gasteiger partial charge in [-0.3, -0.25) is 9.79 Å². The number of hydrogen-bond acceptors (Lipinski definition) is 5.